The number of carbonyl (C=O) groups excluding carboxylic acids is 1. The Morgan fingerprint density at radius 1 is 1.50 bits per heavy atom. The van der Waals surface area contributed by atoms with E-state index in [-0.39, 0.29) is 6.42 Å². The maximum absolute atomic E-state index is 11.5. The van der Waals surface area contributed by atoms with Gasteiger partial charge in [-0.25, -0.2) is 14.8 Å². The summed E-state index contributed by atoms with van der Waals surface area (Å²) in [5.41, 5.74) is 0.862. The van der Waals surface area contributed by atoms with Gasteiger partial charge in [0, 0.05) is 11.9 Å². The third-order valence-corrected chi connectivity index (χ3v) is 2.86. The normalized spacial score (nSPS) is 10.1. The van der Waals surface area contributed by atoms with Crippen molar-refractivity contribution in [1.82, 2.24) is 9.97 Å². The Morgan fingerprint density at radius 2 is 2.22 bits per heavy atom. The van der Waals surface area contributed by atoms with E-state index in [2.05, 4.69) is 9.97 Å². The number of aryl methyl sites for hydroxylation is 1. The molecular weight excluding hydrogens is 256 g/mol. The molecular formula is C11H14N2O4S. The average molecular weight is 270 g/mol. The summed E-state index contributed by atoms with van der Waals surface area (Å²) >= 11 is 1.24. The lowest BCUT2D eigenvalue weighted by molar-refractivity contribution is -0.136. The van der Waals surface area contributed by atoms with Crippen LogP contribution >= 0.6 is 11.8 Å². The number of rotatable bonds is 6. The summed E-state index contributed by atoms with van der Waals surface area (Å²) in [7, 11) is 0. The molecule has 1 aromatic rings. The van der Waals surface area contributed by atoms with Crippen molar-refractivity contribution < 1.29 is 19.4 Å². The lowest BCUT2D eigenvalue weighted by atomic mass is 10.2. The maximum Gasteiger partial charge on any atom is 0.341 e. The van der Waals surface area contributed by atoms with E-state index >= 15 is 0 Å². The molecule has 1 rings (SSSR count). The van der Waals surface area contributed by atoms with Crippen LogP contribution in [0, 0.1) is 6.92 Å². The fourth-order valence-electron chi connectivity index (χ4n) is 1.15. The molecule has 1 heterocycles. The smallest absolute Gasteiger partial charge is 0.341 e. The number of nitrogens with zero attached hydrogens (tertiary/aromatic N) is 2. The number of aliphatic carboxylic acids is 1. The van der Waals surface area contributed by atoms with Gasteiger partial charge in [-0.1, -0.05) is 11.8 Å². The van der Waals surface area contributed by atoms with Crippen LogP contribution in [0.15, 0.2) is 11.4 Å². The lowest BCUT2D eigenvalue weighted by Gasteiger charge is -2.05. The molecule has 0 fully saturated rings. The fraction of sp³-hybridized carbons (Fsp3) is 0.455. The Labute approximate surface area is 109 Å². The molecule has 0 aliphatic carbocycles. The molecule has 0 unspecified atom stereocenters. The van der Waals surface area contributed by atoms with Gasteiger partial charge in [0.1, 0.15) is 0 Å². The van der Waals surface area contributed by atoms with Gasteiger partial charge in [0.15, 0.2) is 5.16 Å². The number of thioether (sulfide) groups is 1. The van der Waals surface area contributed by atoms with Crippen molar-refractivity contribution in [3.05, 3.63) is 17.5 Å². The Balaban J connectivity index is 2.67. The Hall–Kier alpha value is -1.63. The molecule has 0 saturated carbocycles. The van der Waals surface area contributed by atoms with Crippen molar-refractivity contribution in [3.8, 4) is 0 Å². The number of hydrogen-bond acceptors (Lipinski definition) is 6. The standard InChI is InChI=1S/C11H14N2O4S/c1-3-17-10(16)8-6-12-11(13-7(8)2)18-5-4-9(14)15/h6H,3-5H2,1-2H3,(H,14,15). The number of hydrogen-bond donors (Lipinski definition) is 1. The first-order chi connectivity index (χ1) is 8.54. The van der Waals surface area contributed by atoms with E-state index in [1.54, 1.807) is 13.8 Å². The number of ether oxygens (including phenoxy) is 1. The van der Waals surface area contributed by atoms with Crippen LogP contribution in [0.5, 0.6) is 0 Å². The van der Waals surface area contributed by atoms with Gasteiger partial charge >= 0.3 is 11.9 Å². The minimum absolute atomic E-state index is 0.0483. The van der Waals surface area contributed by atoms with Gasteiger partial charge in [-0.05, 0) is 13.8 Å². The molecule has 0 spiro atoms. The largest absolute Gasteiger partial charge is 0.481 e. The number of esters is 1. The van der Waals surface area contributed by atoms with Crippen LogP contribution in [0.1, 0.15) is 29.4 Å². The van der Waals surface area contributed by atoms with Crippen molar-refractivity contribution in [3.63, 3.8) is 0 Å². The van der Waals surface area contributed by atoms with E-state index in [0.717, 1.165) is 0 Å². The first-order valence-corrected chi connectivity index (χ1v) is 6.38. The molecule has 18 heavy (non-hydrogen) atoms. The molecule has 98 valence electrons. The van der Waals surface area contributed by atoms with E-state index in [0.29, 0.717) is 28.8 Å². The number of aromatic nitrogens is 2. The second-order valence-electron chi connectivity index (χ2n) is 3.36. The highest BCUT2D eigenvalue weighted by Gasteiger charge is 2.12. The van der Waals surface area contributed by atoms with Gasteiger partial charge in [-0.2, -0.15) is 0 Å². The maximum atomic E-state index is 11.5. The van der Waals surface area contributed by atoms with E-state index in [9.17, 15) is 9.59 Å². The average Bonchev–Trinajstić information content (AvgIpc) is 2.28. The molecule has 1 aromatic heterocycles. The zero-order valence-corrected chi connectivity index (χ0v) is 11.0. The molecule has 0 aromatic carbocycles. The molecule has 0 aliphatic heterocycles. The summed E-state index contributed by atoms with van der Waals surface area (Å²) < 4.78 is 4.86. The van der Waals surface area contributed by atoms with E-state index in [1.165, 1.54) is 18.0 Å². The molecule has 7 heteroatoms. The molecule has 6 nitrogen and oxygen atoms in total. The van der Waals surface area contributed by atoms with Crippen molar-refractivity contribution >= 4 is 23.7 Å². The Morgan fingerprint density at radius 3 is 2.78 bits per heavy atom. The summed E-state index contributed by atoms with van der Waals surface area (Å²) in [5, 5.41) is 8.97. The Bertz CT molecular complexity index is 451. The minimum atomic E-state index is -0.859. The minimum Gasteiger partial charge on any atom is -0.481 e. The summed E-state index contributed by atoms with van der Waals surface area (Å²) in [6, 6.07) is 0. The van der Waals surface area contributed by atoms with Crippen LogP contribution in [0.25, 0.3) is 0 Å². The summed E-state index contributed by atoms with van der Waals surface area (Å²) in [5.74, 6) is -0.910. The topological polar surface area (TPSA) is 89.4 Å². The van der Waals surface area contributed by atoms with Crippen LogP contribution in [-0.4, -0.2) is 39.4 Å². The van der Waals surface area contributed by atoms with Crippen LogP contribution in [-0.2, 0) is 9.53 Å². The Kier molecular flexibility index (Phi) is 5.57. The monoisotopic (exact) mass is 270 g/mol. The SMILES string of the molecule is CCOC(=O)c1cnc(SCCC(=O)O)nc1C. The highest BCUT2D eigenvalue weighted by Crippen LogP contribution is 2.16. The highest BCUT2D eigenvalue weighted by atomic mass is 32.2. The summed E-state index contributed by atoms with van der Waals surface area (Å²) in [4.78, 5) is 30.0. The molecule has 0 saturated heterocycles. The van der Waals surface area contributed by atoms with Crippen LogP contribution in [0.3, 0.4) is 0 Å². The fourth-order valence-corrected chi connectivity index (χ4v) is 1.94. The van der Waals surface area contributed by atoms with Crippen molar-refractivity contribution in [1.29, 1.82) is 0 Å². The highest BCUT2D eigenvalue weighted by molar-refractivity contribution is 7.99. The number of carboxylic acids is 1. The van der Waals surface area contributed by atoms with Crippen LogP contribution in [0.2, 0.25) is 0 Å². The van der Waals surface area contributed by atoms with Gasteiger partial charge in [-0.3, -0.25) is 4.79 Å². The van der Waals surface area contributed by atoms with Crippen molar-refractivity contribution in [2.75, 3.05) is 12.4 Å². The van der Waals surface area contributed by atoms with Gasteiger partial charge in [0.05, 0.1) is 24.3 Å². The second kappa shape index (κ2) is 6.95. The van der Waals surface area contributed by atoms with Gasteiger partial charge in [-0.15, -0.1) is 0 Å². The first kappa shape index (κ1) is 14.4. The number of carboxylic acid groups (broad SMARTS) is 1. The van der Waals surface area contributed by atoms with E-state index in [1.807, 2.05) is 0 Å². The zero-order valence-electron chi connectivity index (χ0n) is 10.2. The quantitative estimate of drug-likeness (QED) is 0.476. The third kappa shape index (κ3) is 4.33. The van der Waals surface area contributed by atoms with Crippen LogP contribution in [0.4, 0.5) is 0 Å². The van der Waals surface area contributed by atoms with Crippen LogP contribution < -0.4 is 0 Å². The molecule has 0 aliphatic rings. The second-order valence-corrected chi connectivity index (χ2v) is 4.43. The van der Waals surface area contributed by atoms with Gasteiger partial charge in [0.25, 0.3) is 0 Å². The third-order valence-electron chi connectivity index (χ3n) is 2.00. The molecule has 1 N–H and O–H groups in total. The van der Waals surface area contributed by atoms with Crippen molar-refractivity contribution in [2.24, 2.45) is 0 Å². The zero-order chi connectivity index (χ0) is 13.5. The van der Waals surface area contributed by atoms with Crippen molar-refractivity contribution in [2.45, 2.75) is 25.4 Å². The van der Waals surface area contributed by atoms with Gasteiger partial charge < -0.3 is 9.84 Å². The molecule has 0 atom stereocenters. The van der Waals surface area contributed by atoms with Gasteiger partial charge in [0.2, 0.25) is 0 Å². The summed E-state index contributed by atoms with van der Waals surface area (Å²) in [6.45, 7) is 3.72. The predicted octanol–water partition coefficient (Wildman–Crippen LogP) is 1.53. The first-order valence-electron chi connectivity index (χ1n) is 5.40. The molecule has 0 amide bonds. The molecule has 0 radical (unpaired) electrons. The summed E-state index contributed by atoms with van der Waals surface area (Å²) in [6.07, 6.45) is 1.45. The molecule has 0 bridgehead atoms. The van der Waals surface area contributed by atoms with E-state index in [4.69, 9.17) is 9.84 Å². The lowest BCUT2D eigenvalue weighted by Crippen LogP contribution is -2.09. The van der Waals surface area contributed by atoms with E-state index < -0.39 is 11.9 Å². The predicted molar refractivity (Wildman–Crippen MR) is 65.7 cm³/mol. The number of carbonyl (C=O) groups is 2.